The van der Waals surface area contributed by atoms with Crippen molar-refractivity contribution < 1.29 is 14.3 Å². The van der Waals surface area contributed by atoms with Crippen LogP contribution in [0.25, 0.3) is 0 Å². The van der Waals surface area contributed by atoms with E-state index >= 15 is 0 Å². The van der Waals surface area contributed by atoms with E-state index in [2.05, 4.69) is 9.64 Å². The number of carbonyl (C=O) groups excluding carboxylic acids is 2. The van der Waals surface area contributed by atoms with Gasteiger partial charge in [0.25, 0.3) is 0 Å². The van der Waals surface area contributed by atoms with Gasteiger partial charge in [0, 0.05) is 37.5 Å². The highest BCUT2D eigenvalue weighted by molar-refractivity contribution is 5.90. The maximum atomic E-state index is 11.1. The van der Waals surface area contributed by atoms with Crippen molar-refractivity contribution in [3.8, 4) is 0 Å². The lowest BCUT2D eigenvalue weighted by Gasteiger charge is -2.37. The van der Waals surface area contributed by atoms with E-state index in [1.54, 1.807) is 0 Å². The molecule has 15 heavy (non-hydrogen) atoms. The molecule has 1 heterocycles. The normalized spacial score (nSPS) is 26.9. The summed E-state index contributed by atoms with van der Waals surface area (Å²) in [6, 6.07) is 0.340. The highest BCUT2D eigenvalue weighted by Crippen LogP contribution is 2.26. The van der Waals surface area contributed by atoms with Crippen molar-refractivity contribution in [2.75, 3.05) is 20.2 Å². The molecule has 4 nitrogen and oxygen atoms in total. The molecule has 0 aromatic rings. The van der Waals surface area contributed by atoms with Gasteiger partial charge in [-0.15, -0.1) is 0 Å². The van der Waals surface area contributed by atoms with E-state index in [9.17, 15) is 9.59 Å². The summed E-state index contributed by atoms with van der Waals surface area (Å²) in [5.41, 5.74) is 0.763. The molecule has 2 aliphatic rings. The highest BCUT2D eigenvalue weighted by Gasteiger charge is 2.31. The van der Waals surface area contributed by atoms with E-state index < -0.39 is 0 Å². The first-order chi connectivity index (χ1) is 7.20. The van der Waals surface area contributed by atoms with Crippen molar-refractivity contribution in [2.45, 2.75) is 25.3 Å². The fourth-order valence-corrected chi connectivity index (χ4v) is 2.05. The largest absolute Gasteiger partial charge is 0.466 e. The zero-order valence-corrected chi connectivity index (χ0v) is 8.86. The number of ketones is 1. The van der Waals surface area contributed by atoms with Crippen LogP contribution in [0.4, 0.5) is 0 Å². The standard InChI is InChI=1S/C11H15NO3/c1-15-11(14)8-6-9(7-8)12-4-2-10(13)3-5-12/h6,9H,2-5,7H2,1H3. The first kappa shape index (κ1) is 10.4. The number of methoxy groups -OCH3 is 1. The van der Waals surface area contributed by atoms with E-state index in [0.717, 1.165) is 25.1 Å². The van der Waals surface area contributed by atoms with Gasteiger partial charge >= 0.3 is 5.97 Å². The van der Waals surface area contributed by atoms with Gasteiger partial charge in [-0.3, -0.25) is 9.69 Å². The second kappa shape index (κ2) is 4.14. The molecule has 82 valence electrons. The topological polar surface area (TPSA) is 46.6 Å². The van der Waals surface area contributed by atoms with E-state index in [0.29, 0.717) is 24.7 Å². The first-order valence-corrected chi connectivity index (χ1v) is 5.25. The van der Waals surface area contributed by atoms with Crippen molar-refractivity contribution in [3.63, 3.8) is 0 Å². The van der Waals surface area contributed by atoms with Gasteiger partial charge in [-0.2, -0.15) is 0 Å². The maximum absolute atomic E-state index is 11.1. The lowest BCUT2D eigenvalue weighted by Crippen LogP contribution is -2.44. The lowest BCUT2D eigenvalue weighted by molar-refractivity contribution is -0.137. The Morgan fingerprint density at radius 3 is 2.60 bits per heavy atom. The summed E-state index contributed by atoms with van der Waals surface area (Å²) >= 11 is 0. The second-order valence-corrected chi connectivity index (χ2v) is 4.03. The number of ether oxygens (including phenoxy) is 1. The van der Waals surface area contributed by atoms with Crippen LogP contribution in [0.1, 0.15) is 19.3 Å². The van der Waals surface area contributed by atoms with Gasteiger partial charge in [-0.05, 0) is 6.42 Å². The summed E-state index contributed by atoms with van der Waals surface area (Å²) < 4.78 is 4.63. The lowest BCUT2D eigenvalue weighted by atomic mass is 9.90. The number of hydrogen-bond donors (Lipinski definition) is 0. The van der Waals surface area contributed by atoms with Crippen molar-refractivity contribution in [1.29, 1.82) is 0 Å². The molecule has 2 rings (SSSR count). The number of likely N-dealkylation sites (tertiary alicyclic amines) is 1. The molecule has 0 saturated carbocycles. The zero-order chi connectivity index (χ0) is 10.8. The third-order valence-electron chi connectivity index (χ3n) is 3.09. The average molecular weight is 209 g/mol. The Morgan fingerprint density at radius 2 is 2.07 bits per heavy atom. The fraction of sp³-hybridized carbons (Fsp3) is 0.636. The van der Waals surface area contributed by atoms with Crippen LogP contribution in [0.3, 0.4) is 0 Å². The number of piperidine rings is 1. The summed E-state index contributed by atoms with van der Waals surface area (Å²) in [5, 5.41) is 0. The molecule has 0 aromatic carbocycles. The molecule has 0 bridgehead atoms. The number of Topliss-reactive ketones (excluding diaryl/α,β-unsaturated/α-hetero) is 1. The van der Waals surface area contributed by atoms with Crippen LogP contribution in [0.5, 0.6) is 0 Å². The van der Waals surface area contributed by atoms with Gasteiger partial charge in [-0.1, -0.05) is 6.08 Å². The number of carbonyl (C=O) groups is 2. The van der Waals surface area contributed by atoms with Crippen molar-refractivity contribution in [3.05, 3.63) is 11.6 Å². The number of esters is 1. The third kappa shape index (κ3) is 2.09. The van der Waals surface area contributed by atoms with Crippen LogP contribution in [0, 0.1) is 0 Å². The Balaban J connectivity index is 1.86. The third-order valence-corrected chi connectivity index (χ3v) is 3.09. The summed E-state index contributed by atoms with van der Waals surface area (Å²) in [6.45, 7) is 1.66. The minimum atomic E-state index is -0.223. The minimum Gasteiger partial charge on any atom is -0.466 e. The first-order valence-electron chi connectivity index (χ1n) is 5.25. The quantitative estimate of drug-likeness (QED) is 0.622. The van der Waals surface area contributed by atoms with Gasteiger partial charge in [-0.25, -0.2) is 4.79 Å². The van der Waals surface area contributed by atoms with Crippen molar-refractivity contribution >= 4 is 11.8 Å². The van der Waals surface area contributed by atoms with E-state index in [4.69, 9.17) is 0 Å². The summed E-state index contributed by atoms with van der Waals surface area (Å²) in [5.74, 6) is 0.127. The summed E-state index contributed by atoms with van der Waals surface area (Å²) in [4.78, 5) is 24.4. The Hall–Kier alpha value is -1.16. The monoisotopic (exact) mass is 209 g/mol. The predicted octanol–water partition coefficient (Wildman–Crippen LogP) is 0.523. The van der Waals surface area contributed by atoms with Crippen LogP contribution < -0.4 is 0 Å². The molecule has 1 fully saturated rings. The van der Waals surface area contributed by atoms with Gasteiger partial charge in [0.15, 0.2) is 0 Å². The number of hydrogen-bond acceptors (Lipinski definition) is 4. The van der Waals surface area contributed by atoms with Crippen molar-refractivity contribution in [2.24, 2.45) is 0 Å². The van der Waals surface area contributed by atoms with Crippen LogP contribution in [0.15, 0.2) is 11.6 Å². The Bertz CT molecular complexity index is 312. The minimum absolute atomic E-state index is 0.223. The van der Waals surface area contributed by atoms with Gasteiger partial charge in [0.05, 0.1) is 7.11 Å². The van der Waals surface area contributed by atoms with E-state index in [1.807, 2.05) is 6.08 Å². The molecular weight excluding hydrogens is 194 g/mol. The number of rotatable bonds is 2. The highest BCUT2D eigenvalue weighted by atomic mass is 16.5. The smallest absolute Gasteiger partial charge is 0.333 e. The van der Waals surface area contributed by atoms with Crippen LogP contribution in [0.2, 0.25) is 0 Å². The zero-order valence-electron chi connectivity index (χ0n) is 8.86. The molecule has 4 heteroatoms. The Kier molecular flexibility index (Phi) is 2.86. The molecular formula is C11H15NO3. The Labute approximate surface area is 88.9 Å². The predicted molar refractivity (Wildman–Crippen MR) is 54.3 cm³/mol. The van der Waals surface area contributed by atoms with E-state index in [-0.39, 0.29) is 5.97 Å². The second-order valence-electron chi connectivity index (χ2n) is 4.03. The van der Waals surface area contributed by atoms with Crippen LogP contribution in [-0.4, -0.2) is 42.9 Å². The van der Waals surface area contributed by atoms with E-state index in [1.165, 1.54) is 7.11 Å². The molecule has 0 amide bonds. The maximum Gasteiger partial charge on any atom is 0.333 e. The molecule has 1 aliphatic heterocycles. The molecule has 1 atom stereocenters. The molecule has 0 aromatic heterocycles. The molecule has 1 unspecified atom stereocenters. The van der Waals surface area contributed by atoms with Crippen LogP contribution in [-0.2, 0) is 14.3 Å². The molecule has 1 aliphatic carbocycles. The van der Waals surface area contributed by atoms with Gasteiger partial charge in [0.2, 0.25) is 0 Å². The molecule has 1 saturated heterocycles. The molecule has 0 N–H and O–H groups in total. The average Bonchev–Trinajstić information content (AvgIpc) is 2.18. The molecule has 0 spiro atoms. The SMILES string of the molecule is COC(=O)C1=CC(N2CCC(=O)CC2)C1. The van der Waals surface area contributed by atoms with Crippen LogP contribution >= 0.6 is 0 Å². The summed E-state index contributed by atoms with van der Waals surface area (Å²) in [7, 11) is 1.40. The summed E-state index contributed by atoms with van der Waals surface area (Å²) in [6.07, 6.45) is 4.01. The van der Waals surface area contributed by atoms with Gasteiger partial charge < -0.3 is 4.74 Å². The fourth-order valence-electron chi connectivity index (χ4n) is 2.05. The Morgan fingerprint density at radius 1 is 1.47 bits per heavy atom. The number of nitrogens with zero attached hydrogens (tertiary/aromatic N) is 1. The van der Waals surface area contributed by atoms with Crippen molar-refractivity contribution in [1.82, 2.24) is 4.90 Å². The van der Waals surface area contributed by atoms with Gasteiger partial charge in [0.1, 0.15) is 5.78 Å². The molecule has 0 radical (unpaired) electrons.